The zero-order valence-corrected chi connectivity index (χ0v) is 14.4. The molecule has 0 saturated carbocycles. The van der Waals surface area contributed by atoms with E-state index in [1.54, 1.807) is 12.1 Å². The Morgan fingerprint density at radius 1 is 1.19 bits per heavy atom. The van der Waals surface area contributed by atoms with Crippen LogP contribution in [0.25, 0.3) is 11.6 Å². The quantitative estimate of drug-likeness (QED) is 0.737. The Kier molecular flexibility index (Phi) is 4.45. The lowest BCUT2D eigenvalue weighted by atomic mass is 9.93. The summed E-state index contributed by atoms with van der Waals surface area (Å²) in [5.74, 6) is -0.155. The van der Waals surface area contributed by atoms with Crippen molar-refractivity contribution < 1.29 is 23.6 Å². The Balaban J connectivity index is 1.45. The number of benzene rings is 1. The van der Waals surface area contributed by atoms with Crippen LogP contribution in [-0.4, -0.2) is 38.1 Å². The van der Waals surface area contributed by atoms with Crippen LogP contribution in [0.15, 0.2) is 51.6 Å². The molecule has 1 aliphatic rings. The summed E-state index contributed by atoms with van der Waals surface area (Å²) in [6.45, 7) is 0.285. The van der Waals surface area contributed by atoms with Gasteiger partial charge in [-0.1, -0.05) is 29.4 Å². The summed E-state index contributed by atoms with van der Waals surface area (Å²) >= 11 is 0. The number of hydrogen-bond acceptors (Lipinski definition) is 6. The molecule has 3 aromatic rings. The molecule has 0 radical (unpaired) electrons. The third kappa shape index (κ3) is 3.46. The maximum Gasteiger partial charge on any atom is 0.326 e. The summed E-state index contributed by atoms with van der Waals surface area (Å²) in [6.07, 6.45) is 2.14. The summed E-state index contributed by atoms with van der Waals surface area (Å²) in [5, 5.41) is 13.4. The maximum absolute atomic E-state index is 12.7. The Bertz CT molecular complexity index is 963. The zero-order chi connectivity index (χ0) is 18.8. The fourth-order valence-electron chi connectivity index (χ4n) is 3.23. The van der Waals surface area contributed by atoms with Gasteiger partial charge in [0.05, 0.1) is 6.26 Å². The van der Waals surface area contributed by atoms with Crippen LogP contribution in [0.3, 0.4) is 0 Å². The number of rotatable bonds is 5. The second kappa shape index (κ2) is 7.06. The third-order valence-corrected chi connectivity index (χ3v) is 4.62. The summed E-state index contributed by atoms with van der Waals surface area (Å²) in [7, 11) is 0. The fourth-order valence-corrected chi connectivity index (χ4v) is 3.23. The van der Waals surface area contributed by atoms with Crippen molar-refractivity contribution in [1.29, 1.82) is 0 Å². The lowest BCUT2D eigenvalue weighted by Crippen LogP contribution is -2.48. The highest BCUT2D eigenvalue weighted by atomic mass is 16.5. The Morgan fingerprint density at radius 2 is 2.00 bits per heavy atom. The number of aryl methyl sites for hydroxylation is 1. The van der Waals surface area contributed by atoms with Gasteiger partial charge >= 0.3 is 5.97 Å². The number of fused-ring (bicyclic) bond motifs is 1. The molecule has 0 aliphatic carbocycles. The molecule has 1 atom stereocenters. The number of carbonyl (C=O) groups excluding carboxylic acids is 1. The van der Waals surface area contributed by atoms with E-state index in [4.69, 9.17) is 8.94 Å². The fraction of sp³-hybridized carbons (Fsp3) is 0.263. The van der Waals surface area contributed by atoms with Crippen molar-refractivity contribution in [2.24, 2.45) is 0 Å². The molecule has 0 unspecified atom stereocenters. The normalized spacial score (nSPS) is 16.1. The van der Waals surface area contributed by atoms with Crippen molar-refractivity contribution in [1.82, 2.24) is 15.0 Å². The molecule has 4 rings (SSSR count). The number of amides is 1. The predicted molar refractivity (Wildman–Crippen MR) is 92.4 cm³/mol. The van der Waals surface area contributed by atoms with Crippen molar-refractivity contribution in [3.8, 4) is 11.6 Å². The number of aromatic nitrogens is 2. The minimum Gasteiger partial charge on any atom is -0.480 e. The highest BCUT2D eigenvalue weighted by Crippen LogP contribution is 2.24. The first-order valence-electron chi connectivity index (χ1n) is 8.57. The largest absolute Gasteiger partial charge is 0.480 e. The minimum atomic E-state index is -1.00. The van der Waals surface area contributed by atoms with E-state index in [2.05, 4.69) is 10.1 Å². The van der Waals surface area contributed by atoms with Crippen LogP contribution in [0.2, 0.25) is 0 Å². The van der Waals surface area contributed by atoms with Crippen molar-refractivity contribution in [3.05, 3.63) is 59.7 Å². The molecule has 0 spiro atoms. The lowest BCUT2D eigenvalue weighted by molar-refractivity contribution is -0.151. The molecule has 3 heterocycles. The summed E-state index contributed by atoms with van der Waals surface area (Å²) in [6, 6.07) is 10.1. The van der Waals surface area contributed by atoms with Crippen LogP contribution in [0.1, 0.15) is 23.4 Å². The van der Waals surface area contributed by atoms with Crippen LogP contribution in [-0.2, 0) is 29.0 Å². The van der Waals surface area contributed by atoms with Crippen LogP contribution < -0.4 is 0 Å². The molecule has 1 N–H and O–H groups in total. The van der Waals surface area contributed by atoms with E-state index < -0.39 is 12.0 Å². The van der Waals surface area contributed by atoms with Crippen molar-refractivity contribution in [2.75, 3.05) is 0 Å². The molecule has 138 valence electrons. The van der Waals surface area contributed by atoms with Crippen LogP contribution in [0.4, 0.5) is 0 Å². The van der Waals surface area contributed by atoms with Crippen LogP contribution >= 0.6 is 0 Å². The molecule has 0 fully saturated rings. The molecular formula is C19H17N3O5. The van der Waals surface area contributed by atoms with Crippen molar-refractivity contribution in [2.45, 2.75) is 31.8 Å². The van der Waals surface area contributed by atoms with E-state index in [1.807, 2.05) is 24.3 Å². The van der Waals surface area contributed by atoms with Gasteiger partial charge in [-0.15, -0.1) is 0 Å². The number of furan rings is 1. The number of hydrogen-bond donors (Lipinski definition) is 1. The Morgan fingerprint density at radius 3 is 2.74 bits per heavy atom. The van der Waals surface area contributed by atoms with E-state index in [-0.39, 0.29) is 25.3 Å². The Labute approximate surface area is 154 Å². The smallest absolute Gasteiger partial charge is 0.326 e. The van der Waals surface area contributed by atoms with Crippen LogP contribution in [0.5, 0.6) is 0 Å². The van der Waals surface area contributed by atoms with Gasteiger partial charge in [-0.3, -0.25) is 4.79 Å². The van der Waals surface area contributed by atoms with Gasteiger partial charge in [0, 0.05) is 25.8 Å². The molecule has 0 bridgehead atoms. The number of carbonyl (C=O) groups is 2. The lowest BCUT2D eigenvalue weighted by Gasteiger charge is -2.34. The first-order valence-corrected chi connectivity index (χ1v) is 8.57. The minimum absolute atomic E-state index is 0.0890. The highest BCUT2D eigenvalue weighted by Gasteiger charge is 2.34. The molecule has 1 aliphatic heterocycles. The van der Waals surface area contributed by atoms with Gasteiger partial charge < -0.3 is 18.9 Å². The molecule has 1 aromatic carbocycles. The van der Waals surface area contributed by atoms with Gasteiger partial charge in [0.1, 0.15) is 6.04 Å². The maximum atomic E-state index is 12.7. The molecule has 27 heavy (non-hydrogen) atoms. The second-order valence-electron chi connectivity index (χ2n) is 6.34. The summed E-state index contributed by atoms with van der Waals surface area (Å²) in [4.78, 5) is 29.9. The number of carboxylic acids is 1. The average molecular weight is 367 g/mol. The molecule has 8 nitrogen and oxygen atoms in total. The first kappa shape index (κ1) is 17.0. The molecule has 8 heteroatoms. The van der Waals surface area contributed by atoms with E-state index in [1.165, 1.54) is 11.2 Å². The van der Waals surface area contributed by atoms with Gasteiger partial charge in [0.25, 0.3) is 0 Å². The topological polar surface area (TPSA) is 110 Å². The SMILES string of the molecule is O=C(O)[C@@H]1Cc2ccccc2CN1C(=O)CCc1nc(-c2ccco2)no1. The van der Waals surface area contributed by atoms with Crippen molar-refractivity contribution in [3.63, 3.8) is 0 Å². The Hall–Kier alpha value is -3.42. The van der Waals surface area contributed by atoms with E-state index in [0.717, 1.165) is 11.1 Å². The highest BCUT2D eigenvalue weighted by molar-refractivity contribution is 5.84. The molecule has 1 amide bonds. The van der Waals surface area contributed by atoms with Crippen molar-refractivity contribution >= 4 is 11.9 Å². The zero-order valence-electron chi connectivity index (χ0n) is 14.4. The molecule has 0 saturated heterocycles. The summed E-state index contributed by atoms with van der Waals surface area (Å²) < 4.78 is 10.4. The number of aliphatic carboxylic acids is 1. The van der Waals surface area contributed by atoms with Gasteiger partial charge in [0.15, 0.2) is 5.76 Å². The van der Waals surface area contributed by atoms with Crippen LogP contribution in [0, 0.1) is 0 Å². The standard InChI is InChI=1S/C19H17N3O5/c23-17(8-7-16-20-18(21-27-16)15-6-3-9-26-15)22-11-13-5-2-1-4-12(13)10-14(22)19(24)25/h1-6,9,14H,7-8,10-11H2,(H,24,25)/t14-/m0/s1. The van der Waals surface area contributed by atoms with E-state index in [0.29, 0.717) is 23.9 Å². The van der Waals surface area contributed by atoms with Gasteiger partial charge in [0.2, 0.25) is 17.6 Å². The third-order valence-electron chi connectivity index (χ3n) is 4.62. The summed E-state index contributed by atoms with van der Waals surface area (Å²) in [5.41, 5.74) is 1.94. The van der Waals surface area contributed by atoms with Gasteiger partial charge in [-0.05, 0) is 23.3 Å². The number of carboxylic acid groups (broad SMARTS) is 1. The van der Waals surface area contributed by atoms with E-state index in [9.17, 15) is 14.7 Å². The monoisotopic (exact) mass is 367 g/mol. The molecule has 2 aromatic heterocycles. The molecular weight excluding hydrogens is 350 g/mol. The average Bonchev–Trinajstić information content (AvgIpc) is 3.36. The number of nitrogens with zero attached hydrogens (tertiary/aromatic N) is 3. The first-order chi connectivity index (χ1) is 13.1. The van der Waals surface area contributed by atoms with Gasteiger partial charge in [-0.25, -0.2) is 4.79 Å². The predicted octanol–water partition coefficient (Wildman–Crippen LogP) is 2.30. The second-order valence-corrected chi connectivity index (χ2v) is 6.34. The van der Waals surface area contributed by atoms with E-state index >= 15 is 0 Å². The van der Waals surface area contributed by atoms with Gasteiger partial charge in [-0.2, -0.15) is 4.98 Å².